The van der Waals surface area contributed by atoms with Crippen LogP contribution in [0.2, 0.25) is 0 Å². The van der Waals surface area contributed by atoms with Crippen molar-refractivity contribution >= 4 is 27.4 Å². The second-order valence-electron chi connectivity index (χ2n) is 6.20. The number of ether oxygens (including phenoxy) is 1. The van der Waals surface area contributed by atoms with E-state index in [0.29, 0.717) is 11.6 Å². The number of fused-ring (bicyclic) bond motifs is 3. The van der Waals surface area contributed by atoms with Crippen LogP contribution < -0.4 is 10.5 Å². The van der Waals surface area contributed by atoms with Gasteiger partial charge in [-0.05, 0) is 61.9 Å². The summed E-state index contributed by atoms with van der Waals surface area (Å²) >= 11 is 1.78. The Morgan fingerprint density at radius 2 is 1.92 bits per heavy atom. The highest BCUT2D eigenvalue weighted by Crippen LogP contribution is 2.38. The van der Waals surface area contributed by atoms with Gasteiger partial charge in [0, 0.05) is 10.4 Å². The Morgan fingerprint density at radius 1 is 1.12 bits per heavy atom. The van der Waals surface area contributed by atoms with Crippen molar-refractivity contribution in [1.29, 1.82) is 0 Å². The number of thiophene rings is 1. The highest BCUT2D eigenvalue weighted by Gasteiger charge is 2.20. The van der Waals surface area contributed by atoms with E-state index in [2.05, 4.69) is 11.9 Å². The average Bonchev–Trinajstić information content (AvgIpc) is 2.99. The molecule has 0 saturated heterocycles. The van der Waals surface area contributed by atoms with Crippen LogP contribution in [0.3, 0.4) is 0 Å². The van der Waals surface area contributed by atoms with Crippen molar-refractivity contribution in [3.05, 3.63) is 34.7 Å². The summed E-state index contributed by atoms with van der Waals surface area (Å²) in [6.45, 7) is 2.83. The van der Waals surface area contributed by atoms with Crippen molar-refractivity contribution in [3.8, 4) is 17.1 Å². The number of anilines is 1. The number of aromatic nitrogens is 2. The number of nitrogens with two attached hydrogens (primary N) is 1. The molecule has 5 heteroatoms. The Kier molecular flexibility index (Phi) is 4.10. The lowest BCUT2D eigenvalue weighted by Gasteiger charge is -2.11. The summed E-state index contributed by atoms with van der Waals surface area (Å²) in [6, 6.07) is 7.93. The SMILES string of the molecule is CCCOc1ccc(-c2nc(N)c3c4c(sc3n2)CCCC4)cc1. The van der Waals surface area contributed by atoms with E-state index in [4.69, 9.17) is 15.5 Å². The normalized spacial score (nSPS) is 13.9. The molecule has 0 aliphatic heterocycles. The van der Waals surface area contributed by atoms with E-state index in [-0.39, 0.29) is 0 Å². The lowest BCUT2D eigenvalue weighted by molar-refractivity contribution is 0.317. The van der Waals surface area contributed by atoms with Crippen LogP contribution in [0.25, 0.3) is 21.6 Å². The van der Waals surface area contributed by atoms with Gasteiger partial charge < -0.3 is 10.5 Å². The first-order chi connectivity index (χ1) is 11.8. The molecule has 24 heavy (non-hydrogen) atoms. The second-order valence-corrected chi connectivity index (χ2v) is 7.28. The van der Waals surface area contributed by atoms with Crippen molar-refractivity contribution in [1.82, 2.24) is 9.97 Å². The summed E-state index contributed by atoms with van der Waals surface area (Å²) in [5, 5.41) is 1.08. The third kappa shape index (κ3) is 2.73. The molecule has 1 aliphatic rings. The molecule has 3 aromatic rings. The minimum atomic E-state index is 0.612. The summed E-state index contributed by atoms with van der Waals surface area (Å²) in [7, 11) is 0. The topological polar surface area (TPSA) is 61.0 Å². The zero-order valence-electron chi connectivity index (χ0n) is 13.8. The Bertz CT molecular complexity index is 870. The van der Waals surface area contributed by atoms with Crippen LogP contribution in [0.1, 0.15) is 36.6 Å². The first-order valence-corrected chi connectivity index (χ1v) is 9.39. The van der Waals surface area contributed by atoms with Crippen LogP contribution in [-0.2, 0) is 12.8 Å². The molecular weight excluding hydrogens is 318 g/mol. The van der Waals surface area contributed by atoms with Gasteiger partial charge in [-0.1, -0.05) is 6.92 Å². The Morgan fingerprint density at radius 3 is 2.71 bits per heavy atom. The Hall–Kier alpha value is -2.14. The van der Waals surface area contributed by atoms with Gasteiger partial charge in [0.1, 0.15) is 16.4 Å². The highest BCUT2D eigenvalue weighted by atomic mass is 32.1. The third-order valence-electron chi connectivity index (χ3n) is 4.43. The molecule has 124 valence electrons. The summed E-state index contributed by atoms with van der Waals surface area (Å²) < 4.78 is 5.63. The summed E-state index contributed by atoms with van der Waals surface area (Å²) in [6.07, 6.45) is 5.75. The molecule has 0 fully saturated rings. The minimum absolute atomic E-state index is 0.612. The van der Waals surface area contributed by atoms with Crippen LogP contribution in [0.15, 0.2) is 24.3 Å². The molecule has 1 aromatic carbocycles. The third-order valence-corrected chi connectivity index (χ3v) is 5.61. The van der Waals surface area contributed by atoms with Crippen molar-refractivity contribution in [3.63, 3.8) is 0 Å². The molecule has 0 radical (unpaired) electrons. The maximum absolute atomic E-state index is 6.29. The molecule has 0 atom stereocenters. The lowest BCUT2D eigenvalue weighted by atomic mass is 9.97. The fourth-order valence-electron chi connectivity index (χ4n) is 3.23. The second kappa shape index (κ2) is 6.40. The standard InChI is InChI=1S/C19H21N3OS/c1-2-11-23-13-9-7-12(8-10-13)18-21-17(20)16-14-5-3-4-6-15(14)24-19(16)22-18/h7-10H,2-6,11H2,1H3,(H2,20,21,22). The molecule has 4 rings (SSSR count). The molecule has 2 heterocycles. The molecular formula is C19H21N3OS. The number of hydrogen-bond acceptors (Lipinski definition) is 5. The molecule has 0 spiro atoms. The monoisotopic (exact) mass is 339 g/mol. The summed E-state index contributed by atoms with van der Waals surface area (Å²) in [5.74, 6) is 2.18. The van der Waals surface area contributed by atoms with Gasteiger partial charge in [-0.2, -0.15) is 0 Å². The van der Waals surface area contributed by atoms with Gasteiger partial charge >= 0.3 is 0 Å². The van der Waals surface area contributed by atoms with Crippen LogP contribution in [0.4, 0.5) is 5.82 Å². The van der Waals surface area contributed by atoms with Gasteiger partial charge in [0.2, 0.25) is 0 Å². The first kappa shape index (κ1) is 15.4. The van der Waals surface area contributed by atoms with Crippen molar-refractivity contribution in [2.75, 3.05) is 12.3 Å². The number of rotatable bonds is 4. The number of hydrogen-bond donors (Lipinski definition) is 1. The predicted octanol–water partition coefficient (Wildman–Crippen LogP) is 4.61. The van der Waals surface area contributed by atoms with E-state index in [9.17, 15) is 0 Å². The minimum Gasteiger partial charge on any atom is -0.494 e. The maximum atomic E-state index is 6.29. The van der Waals surface area contributed by atoms with Gasteiger partial charge in [0.25, 0.3) is 0 Å². The van der Waals surface area contributed by atoms with Crippen LogP contribution in [0.5, 0.6) is 5.75 Å². The lowest BCUT2D eigenvalue weighted by Crippen LogP contribution is -2.01. The van der Waals surface area contributed by atoms with E-state index < -0.39 is 0 Å². The van der Waals surface area contributed by atoms with Gasteiger partial charge in [-0.25, -0.2) is 9.97 Å². The van der Waals surface area contributed by atoms with Crippen molar-refractivity contribution < 1.29 is 4.74 Å². The molecule has 2 N–H and O–H groups in total. The number of nitrogens with zero attached hydrogens (tertiary/aromatic N) is 2. The highest BCUT2D eigenvalue weighted by molar-refractivity contribution is 7.19. The van der Waals surface area contributed by atoms with E-state index in [1.165, 1.54) is 23.3 Å². The Labute approximate surface area is 145 Å². The first-order valence-electron chi connectivity index (χ1n) is 8.57. The summed E-state index contributed by atoms with van der Waals surface area (Å²) in [5.41, 5.74) is 8.64. The van der Waals surface area contributed by atoms with Crippen molar-refractivity contribution in [2.45, 2.75) is 39.0 Å². The smallest absolute Gasteiger partial charge is 0.163 e. The summed E-state index contributed by atoms with van der Waals surface area (Å²) in [4.78, 5) is 11.8. The van der Waals surface area contributed by atoms with Gasteiger partial charge in [-0.3, -0.25) is 0 Å². The van der Waals surface area contributed by atoms with Gasteiger partial charge in [0.05, 0.1) is 12.0 Å². The van der Waals surface area contributed by atoms with E-state index >= 15 is 0 Å². The van der Waals surface area contributed by atoms with Gasteiger partial charge in [0.15, 0.2) is 5.82 Å². The maximum Gasteiger partial charge on any atom is 0.163 e. The number of aryl methyl sites for hydroxylation is 2. The molecule has 1 aliphatic carbocycles. The predicted molar refractivity (Wildman–Crippen MR) is 99.7 cm³/mol. The molecule has 2 aromatic heterocycles. The fourth-order valence-corrected chi connectivity index (χ4v) is 4.50. The zero-order chi connectivity index (χ0) is 16.5. The largest absolute Gasteiger partial charge is 0.494 e. The van der Waals surface area contributed by atoms with Crippen LogP contribution in [-0.4, -0.2) is 16.6 Å². The molecule has 0 amide bonds. The number of benzene rings is 1. The quantitative estimate of drug-likeness (QED) is 0.754. The Balaban J connectivity index is 1.72. The van der Waals surface area contributed by atoms with E-state index in [1.54, 1.807) is 11.3 Å². The van der Waals surface area contributed by atoms with E-state index in [0.717, 1.165) is 47.4 Å². The zero-order valence-corrected chi connectivity index (χ0v) is 14.7. The molecule has 0 bridgehead atoms. The van der Waals surface area contributed by atoms with E-state index in [1.807, 2.05) is 24.3 Å². The average molecular weight is 339 g/mol. The van der Waals surface area contributed by atoms with Crippen LogP contribution >= 0.6 is 11.3 Å². The molecule has 0 unspecified atom stereocenters. The van der Waals surface area contributed by atoms with Crippen molar-refractivity contribution in [2.24, 2.45) is 0 Å². The fraction of sp³-hybridized carbons (Fsp3) is 0.368. The van der Waals surface area contributed by atoms with Crippen LogP contribution in [0, 0.1) is 0 Å². The molecule has 4 nitrogen and oxygen atoms in total. The number of nitrogen functional groups attached to an aromatic ring is 1. The molecule has 0 saturated carbocycles. The van der Waals surface area contributed by atoms with Gasteiger partial charge in [-0.15, -0.1) is 11.3 Å².